The Morgan fingerprint density at radius 2 is 1.18 bits per heavy atom. The van der Waals surface area contributed by atoms with Gasteiger partial charge >= 0.3 is 0 Å². The molecule has 0 radical (unpaired) electrons. The number of pyridine rings is 2. The van der Waals surface area contributed by atoms with Crippen molar-refractivity contribution in [3.8, 4) is 17.3 Å². The molecule has 0 unspecified atom stereocenters. The summed E-state index contributed by atoms with van der Waals surface area (Å²) in [5.41, 5.74) is 4.28. The van der Waals surface area contributed by atoms with Crippen molar-refractivity contribution in [2.24, 2.45) is 0 Å². The molecule has 7 heteroatoms. The highest BCUT2D eigenvalue weighted by Gasteiger charge is 2.48. The van der Waals surface area contributed by atoms with Crippen molar-refractivity contribution >= 4 is 89.7 Å². The predicted octanol–water partition coefficient (Wildman–Crippen LogP) is 9.77. The molecule has 5 nitrogen and oxygen atoms in total. The summed E-state index contributed by atoms with van der Waals surface area (Å²) in [4.78, 5) is 12.4. The van der Waals surface area contributed by atoms with Gasteiger partial charge in [-0.25, -0.2) is 9.97 Å². The zero-order valence-electron chi connectivity index (χ0n) is 30.6. The van der Waals surface area contributed by atoms with Gasteiger partial charge in [-0.2, -0.15) is 0 Å². The van der Waals surface area contributed by atoms with E-state index < -0.39 is 8.07 Å². The normalized spacial score (nSPS) is 13.3. The van der Waals surface area contributed by atoms with Gasteiger partial charge in [-0.15, -0.1) is 0 Å². The number of hydrogen-bond donors (Lipinski definition) is 0. The first-order valence-electron chi connectivity index (χ1n) is 19.1. The van der Waals surface area contributed by atoms with E-state index in [2.05, 4.69) is 179 Å². The topological polar surface area (TPSA) is 44.4 Å². The summed E-state index contributed by atoms with van der Waals surface area (Å²) < 4.78 is 11.3. The third kappa shape index (κ3) is 4.70. The number of aromatic nitrogens is 4. The van der Waals surface area contributed by atoms with E-state index in [4.69, 9.17) is 14.7 Å². The molecule has 12 rings (SSSR count). The second-order valence-electron chi connectivity index (χ2n) is 14.6. The number of benzene rings is 7. The minimum Gasteiger partial charge on any atom is -0.457 e. The Morgan fingerprint density at radius 3 is 1.98 bits per heavy atom. The highest BCUT2D eigenvalue weighted by atomic mass is 32.2. The lowest BCUT2D eigenvalue weighted by molar-refractivity contribution is 0.484. The van der Waals surface area contributed by atoms with Crippen LogP contribution in [0.5, 0.6) is 11.5 Å². The van der Waals surface area contributed by atoms with E-state index in [-0.39, 0.29) is 0 Å². The van der Waals surface area contributed by atoms with Crippen molar-refractivity contribution in [1.82, 2.24) is 18.9 Å². The Labute approximate surface area is 333 Å². The van der Waals surface area contributed by atoms with Gasteiger partial charge in [-0.3, -0.25) is 8.97 Å². The molecule has 1 aliphatic rings. The fourth-order valence-electron chi connectivity index (χ4n) is 9.31. The van der Waals surface area contributed by atoms with Crippen LogP contribution in [-0.4, -0.2) is 27.0 Å². The van der Waals surface area contributed by atoms with Crippen LogP contribution in [0.25, 0.3) is 54.9 Å². The van der Waals surface area contributed by atoms with Gasteiger partial charge in [0.2, 0.25) is 0 Å². The zero-order chi connectivity index (χ0) is 37.5. The van der Waals surface area contributed by atoms with Crippen LogP contribution in [0.1, 0.15) is 0 Å². The molecule has 0 spiro atoms. The molecule has 0 saturated carbocycles. The first-order chi connectivity index (χ1) is 28.3. The maximum Gasteiger partial charge on any atom is 0.184 e. The van der Waals surface area contributed by atoms with Gasteiger partial charge in [0.25, 0.3) is 0 Å². The number of fused-ring (bicyclic) bond motifs is 12. The van der Waals surface area contributed by atoms with Crippen LogP contribution in [0, 0.1) is 0 Å². The van der Waals surface area contributed by atoms with Crippen LogP contribution < -0.4 is 25.5 Å². The maximum atomic E-state index is 6.79. The number of para-hydroxylation sites is 1. The molecule has 4 aromatic heterocycles. The summed E-state index contributed by atoms with van der Waals surface area (Å²) in [7, 11) is -2.91. The number of nitrogens with zero attached hydrogens (tertiary/aromatic N) is 4. The molecule has 0 bridgehead atoms. The van der Waals surface area contributed by atoms with Crippen LogP contribution >= 0.6 is 11.8 Å². The molecule has 7 aromatic carbocycles. The minimum absolute atomic E-state index is 0.755. The third-order valence-corrected chi connectivity index (χ3v) is 18.0. The molecule has 11 aromatic rings. The highest BCUT2D eigenvalue weighted by molar-refractivity contribution is 8.00. The second kappa shape index (κ2) is 12.5. The molecule has 268 valence electrons. The molecule has 0 fully saturated rings. The van der Waals surface area contributed by atoms with Gasteiger partial charge in [0.05, 0.1) is 16.6 Å². The fraction of sp³-hybridized carbons (Fsp3) is 0. The molecule has 5 heterocycles. The molecule has 0 atom stereocenters. The van der Waals surface area contributed by atoms with Crippen molar-refractivity contribution in [2.75, 3.05) is 0 Å². The molecule has 57 heavy (non-hydrogen) atoms. The van der Waals surface area contributed by atoms with E-state index in [1.165, 1.54) is 46.8 Å². The Balaban J connectivity index is 1.13. The van der Waals surface area contributed by atoms with Gasteiger partial charge in [0.1, 0.15) is 23.0 Å². The van der Waals surface area contributed by atoms with Crippen molar-refractivity contribution in [1.29, 1.82) is 0 Å². The van der Waals surface area contributed by atoms with Gasteiger partial charge in [-0.05, 0) is 86.8 Å². The predicted molar refractivity (Wildman–Crippen MR) is 237 cm³/mol. The SMILES string of the molecule is c1ccc([Si]2(c3ccccc3)c3ccccc3Sc3ccc4c5ccc(Oc6ccc7c8ccccc8n8ccnc8c7c6)cc5n(-c5ccccn5)c4c32)cc1. The van der Waals surface area contributed by atoms with Crippen LogP contribution in [0.15, 0.2) is 204 Å². The minimum atomic E-state index is -2.91. The quantitative estimate of drug-likeness (QED) is 0.129. The van der Waals surface area contributed by atoms with Crippen molar-refractivity contribution < 1.29 is 4.74 Å². The standard InChI is InChI=1S/C50H32N4OSSi/c1-3-13-35(14-4-1)57(36-15-5-2-6-16-36)46-20-10-9-19-44(46)56-45-27-26-40-39-25-23-34(32-43(39)54(48(40)49(45)57)47-21-11-12-28-51-47)55-33-22-24-37-38-17-7-8-18-42(38)53-30-29-52-50(53)41(37)31-33/h1-32H. The molecular weight excluding hydrogens is 733 g/mol. The van der Waals surface area contributed by atoms with Crippen LogP contribution in [0.3, 0.4) is 0 Å². The van der Waals surface area contributed by atoms with E-state index in [9.17, 15) is 0 Å². The van der Waals surface area contributed by atoms with Crippen molar-refractivity contribution in [3.05, 3.63) is 195 Å². The number of hydrogen-bond acceptors (Lipinski definition) is 4. The summed E-state index contributed by atoms with van der Waals surface area (Å²) in [6.07, 6.45) is 5.78. The Kier molecular flexibility index (Phi) is 7.11. The first kappa shape index (κ1) is 32.3. The molecule has 1 aliphatic heterocycles. The average Bonchev–Trinajstić information content (AvgIpc) is 3.90. The van der Waals surface area contributed by atoms with E-state index in [1.54, 1.807) is 0 Å². The Hall–Kier alpha value is -6.93. The summed E-state index contributed by atoms with van der Waals surface area (Å²) in [5, 5.41) is 11.2. The first-order valence-corrected chi connectivity index (χ1v) is 22.0. The zero-order valence-corrected chi connectivity index (χ0v) is 32.4. The average molecular weight is 765 g/mol. The monoisotopic (exact) mass is 764 g/mol. The van der Waals surface area contributed by atoms with Gasteiger partial charge in [0, 0.05) is 56.0 Å². The highest BCUT2D eigenvalue weighted by Crippen LogP contribution is 2.41. The summed E-state index contributed by atoms with van der Waals surface area (Å²) in [5.74, 6) is 2.38. The van der Waals surface area contributed by atoms with Crippen LogP contribution in [0.4, 0.5) is 0 Å². The van der Waals surface area contributed by atoms with Crippen molar-refractivity contribution in [3.63, 3.8) is 0 Å². The number of ether oxygens (including phenoxy) is 1. The molecule has 0 saturated heterocycles. The van der Waals surface area contributed by atoms with E-state index in [0.717, 1.165) is 50.2 Å². The van der Waals surface area contributed by atoms with Gasteiger partial charge in [0.15, 0.2) is 8.07 Å². The van der Waals surface area contributed by atoms with E-state index in [1.807, 2.05) is 36.4 Å². The number of rotatable bonds is 5. The Bertz CT molecular complexity index is 3320. The largest absolute Gasteiger partial charge is 0.457 e. The van der Waals surface area contributed by atoms with E-state index >= 15 is 0 Å². The van der Waals surface area contributed by atoms with E-state index in [0.29, 0.717) is 0 Å². The fourth-order valence-corrected chi connectivity index (χ4v) is 16.5. The summed E-state index contributed by atoms with van der Waals surface area (Å²) in [6, 6.07) is 63.7. The number of imidazole rings is 1. The maximum absolute atomic E-state index is 6.79. The van der Waals surface area contributed by atoms with Crippen LogP contribution in [-0.2, 0) is 0 Å². The lowest BCUT2D eigenvalue weighted by Crippen LogP contribution is -2.76. The van der Waals surface area contributed by atoms with Crippen molar-refractivity contribution in [2.45, 2.75) is 9.79 Å². The molecular formula is C50H32N4OSSi. The Morgan fingerprint density at radius 1 is 0.491 bits per heavy atom. The molecule has 0 aliphatic carbocycles. The molecule has 0 amide bonds. The smallest absolute Gasteiger partial charge is 0.184 e. The lowest BCUT2D eigenvalue weighted by atomic mass is 10.1. The molecule has 0 N–H and O–H groups in total. The lowest BCUT2D eigenvalue weighted by Gasteiger charge is -2.40. The third-order valence-electron chi connectivity index (χ3n) is 11.6. The van der Waals surface area contributed by atoms with Crippen LogP contribution in [0.2, 0.25) is 0 Å². The van der Waals surface area contributed by atoms with Gasteiger partial charge < -0.3 is 4.74 Å². The second-order valence-corrected chi connectivity index (χ2v) is 19.3. The summed E-state index contributed by atoms with van der Waals surface area (Å²) >= 11 is 1.88. The van der Waals surface area contributed by atoms with Gasteiger partial charge in [-0.1, -0.05) is 121 Å². The summed E-state index contributed by atoms with van der Waals surface area (Å²) in [6.45, 7) is 0.